The van der Waals surface area contributed by atoms with E-state index in [0.29, 0.717) is 0 Å². The first-order valence-corrected chi connectivity index (χ1v) is 8.14. The summed E-state index contributed by atoms with van der Waals surface area (Å²) in [5, 5.41) is 9.65. The number of aliphatic hydroxyl groups excluding tert-OH is 1. The van der Waals surface area contributed by atoms with Crippen LogP contribution in [0, 0.1) is 0 Å². The molecule has 1 fully saturated rings. The largest absolute Gasteiger partial charge is 1.00 e. The van der Waals surface area contributed by atoms with Crippen molar-refractivity contribution >= 4 is 24.7 Å². The van der Waals surface area contributed by atoms with Crippen LogP contribution in [-0.2, 0) is 19.8 Å². The number of aromatic amines is 2. The van der Waals surface area contributed by atoms with Crippen LogP contribution in [0.25, 0.3) is 11.2 Å². The maximum absolute atomic E-state index is 11.8. The van der Waals surface area contributed by atoms with Gasteiger partial charge in [-0.3, -0.25) is 9.78 Å². The number of H-pyrrole nitrogens is 2. The summed E-state index contributed by atoms with van der Waals surface area (Å²) < 4.78 is 21.2. The van der Waals surface area contributed by atoms with Crippen LogP contribution in [0.4, 0.5) is 5.95 Å². The molecule has 3 heterocycles. The number of ether oxygens (including phenoxy) is 2. The van der Waals surface area contributed by atoms with Crippen molar-refractivity contribution in [2.75, 3.05) is 18.7 Å². The molecule has 3 rings (SSSR count). The summed E-state index contributed by atoms with van der Waals surface area (Å²) in [7, 11) is -4.98. The molecule has 12 nitrogen and oxygen atoms in total. The Morgan fingerprint density at radius 3 is 2.64 bits per heavy atom. The van der Waals surface area contributed by atoms with E-state index in [9.17, 15) is 24.3 Å². The fourth-order valence-corrected chi connectivity index (χ4v) is 2.65. The van der Waals surface area contributed by atoms with Crippen LogP contribution in [0.5, 0.6) is 0 Å². The van der Waals surface area contributed by atoms with Gasteiger partial charge in [-0.25, -0.2) is 4.98 Å². The number of hydrogen-bond donors (Lipinski definition) is 4. The third-order valence-electron chi connectivity index (χ3n) is 3.21. The number of anilines is 1. The van der Waals surface area contributed by atoms with Crippen LogP contribution >= 0.6 is 7.60 Å². The van der Waals surface area contributed by atoms with E-state index < -0.39 is 31.4 Å². The van der Waals surface area contributed by atoms with E-state index in [4.69, 9.17) is 15.2 Å². The number of fused-ring (bicyclic) bond motifs is 1. The van der Waals surface area contributed by atoms with Crippen LogP contribution < -0.4 is 80.2 Å². The Labute approximate surface area is 184 Å². The van der Waals surface area contributed by atoms with Crippen molar-refractivity contribution in [1.29, 1.82) is 0 Å². The first kappa shape index (κ1) is 23.2. The molecule has 0 spiro atoms. The van der Waals surface area contributed by atoms with Crippen LogP contribution in [0.3, 0.4) is 0 Å². The van der Waals surface area contributed by atoms with Crippen molar-refractivity contribution in [1.82, 2.24) is 19.9 Å². The quantitative estimate of drug-likeness (QED) is 0.286. The average Bonchev–Trinajstić information content (AvgIpc) is 3.00. The van der Waals surface area contributed by atoms with E-state index in [-0.39, 0.29) is 95.1 Å². The van der Waals surface area contributed by atoms with Crippen molar-refractivity contribution < 1.29 is 88.0 Å². The maximum Gasteiger partial charge on any atom is 1.00 e. The van der Waals surface area contributed by atoms with E-state index in [1.165, 1.54) is 0 Å². The second-order valence-electron chi connectivity index (χ2n) is 5.04. The number of nitrogens with zero attached hydrogens (tertiary/aromatic N) is 2. The Bertz CT molecular complexity index is 854. The number of nitrogen functional groups attached to an aromatic ring is 1. The number of aromatic nitrogens is 4. The number of imidazole rings is 1. The minimum absolute atomic E-state index is 0. The molecule has 0 bridgehead atoms. The number of rotatable bonds is 4. The van der Waals surface area contributed by atoms with Gasteiger partial charge in [0.1, 0.15) is 0 Å². The van der Waals surface area contributed by atoms with Gasteiger partial charge >= 0.3 is 59.1 Å². The third kappa shape index (κ3) is 5.12. The summed E-state index contributed by atoms with van der Waals surface area (Å²) in [4.78, 5) is 46.1. The first-order valence-electron chi connectivity index (χ1n) is 6.42. The maximum atomic E-state index is 11.8. The minimum atomic E-state index is -4.98. The third-order valence-corrected chi connectivity index (χ3v) is 3.65. The van der Waals surface area contributed by atoms with Crippen molar-refractivity contribution in [2.45, 2.75) is 18.3 Å². The Morgan fingerprint density at radius 2 is 2.08 bits per heavy atom. The topological polar surface area (TPSA) is 202 Å². The Morgan fingerprint density at radius 1 is 1.40 bits per heavy atom. The van der Waals surface area contributed by atoms with Gasteiger partial charge in [0.15, 0.2) is 17.0 Å². The van der Waals surface area contributed by atoms with Crippen molar-refractivity contribution in [3.05, 3.63) is 16.2 Å². The molecule has 2 aromatic heterocycles. The van der Waals surface area contributed by atoms with Gasteiger partial charge < -0.3 is 39.6 Å². The average molecular weight is 391 g/mol. The summed E-state index contributed by atoms with van der Waals surface area (Å²) in [6, 6.07) is 0. The normalized spacial score (nSPS) is 23.2. The molecule has 2 atom stereocenters. The Balaban J connectivity index is 0.00000156. The molecule has 5 N–H and O–H groups in total. The summed E-state index contributed by atoms with van der Waals surface area (Å²) in [6.45, 7) is -0.162. The van der Waals surface area contributed by atoms with Gasteiger partial charge in [0.2, 0.25) is 11.7 Å². The van der Waals surface area contributed by atoms with Gasteiger partial charge in [0.25, 0.3) is 5.56 Å². The minimum Gasteiger partial charge on any atom is -0.809 e. The predicted octanol–water partition coefficient (Wildman–Crippen LogP) is -8.94. The molecule has 0 saturated carbocycles. The van der Waals surface area contributed by atoms with E-state index in [0.717, 1.165) is 0 Å². The van der Waals surface area contributed by atoms with Crippen LogP contribution in [0.2, 0.25) is 0 Å². The van der Waals surface area contributed by atoms with Gasteiger partial charge in [-0.1, -0.05) is 0 Å². The van der Waals surface area contributed by atoms with Crippen molar-refractivity contribution in [3.8, 4) is 0 Å². The molecular weight excluding hydrogens is 379 g/mol. The zero-order valence-corrected chi connectivity index (χ0v) is 18.4. The zero-order chi connectivity index (χ0) is 16.8. The zero-order valence-electron chi connectivity index (χ0n) is 13.5. The summed E-state index contributed by atoms with van der Waals surface area (Å²) in [5.74, 6) is -2.06. The van der Waals surface area contributed by atoms with Gasteiger partial charge in [0.05, 0.1) is 19.1 Å². The van der Waals surface area contributed by atoms with Crippen LogP contribution in [-0.4, -0.2) is 44.1 Å². The van der Waals surface area contributed by atoms with Gasteiger partial charge in [-0.15, -0.1) is 0 Å². The smallest absolute Gasteiger partial charge is 0.809 e. The SMILES string of the molecule is Nc1nc2nc([C@@]3(OCP(=O)([O-])[O-])C[C@H](O)CO3)[nH]c2c(=O)[nH]1.[Na+].[Na+]. The summed E-state index contributed by atoms with van der Waals surface area (Å²) in [6.07, 6.45) is -2.31. The fourth-order valence-electron chi connectivity index (χ4n) is 2.28. The van der Waals surface area contributed by atoms with Gasteiger partial charge in [0, 0.05) is 6.42 Å². The second kappa shape index (κ2) is 8.46. The Kier molecular flexibility index (Phi) is 7.86. The second-order valence-corrected chi connectivity index (χ2v) is 6.52. The molecule has 0 amide bonds. The molecule has 0 radical (unpaired) electrons. The molecule has 1 saturated heterocycles. The van der Waals surface area contributed by atoms with Crippen LogP contribution in [0.1, 0.15) is 12.2 Å². The molecule has 0 aliphatic carbocycles. The first-order chi connectivity index (χ1) is 10.7. The number of nitrogens with two attached hydrogens (primary N) is 1. The molecule has 25 heavy (non-hydrogen) atoms. The predicted molar refractivity (Wildman–Crippen MR) is 70.7 cm³/mol. The molecule has 1 aliphatic heterocycles. The van der Waals surface area contributed by atoms with E-state index in [1.807, 2.05) is 0 Å². The van der Waals surface area contributed by atoms with Crippen molar-refractivity contribution in [2.24, 2.45) is 0 Å². The van der Waals surface area contributed by atoms with Gasteiger partial charge in [-0.2, -0.15) is 4.98 Å². The number of aliphatic hydroxyl groups is 1. The summed E-state index contributed by atoms with van der Waals surface area (Å²) >= 11 is 0. The molecule has 2 aromatic rings. The van der Waals surface area contributed by atoms with E-state index in [1.54, 1.807) is 0 Å². The number of nitrogens with one attached hydrogen (secondary N) is 2. The molecule has 1 aliphatic rings. The monoisotopic (exact) mass is 391 g/mol. The summed E-state index contributed by atoms with van der Waals surface area (Å²) in [5.41, 5.74) is 4.74. The fraction of sp³-hybridized carbons (Fsp3) is 0.500. The molecule has 0 unspecified atom stereocenters. The van der Waals surface area contributed by atoms with Crippen molar-refractivity contribution in [3.63, 3.8) is 0 Å². The Hall–Kier alpha value is 0.180. The van der Waals surface area contributed by atoms with Crippen LogP contribution in [0.15, 0.2) is 4.79 Å². The molecule has 15 heteroatoms. The number of hydrogen-bond acceptors (Lipinski definition) is 10. The molecular formula is C10H12N5Na2O7P. The molecule has 126 valence electrons. The van der Waals surface area contributed by atoms with E-state index in [2.05, 4.69) is 19.9 Å². The van der Waals surface area contributed by atoms with E-state index >= 15 is 0 Å². The standard InChI is InChI=1S/C10H14N5O7P.2Na/c11-9-14-6-5(7(17)15-9)12-8(13-6)10(1-4(16)2-21-10)22-3-23(18,19)20;;/h4,16H,1-3H2,(H2,18,19,20)(H4,11,12,13,14,15,17);;/q;2*+1/p-2/t4-,10-;;/m0../s1. The molecule has 0 aromatic carbocycles. The van der Waals surface area contributed by atoms with Gasteiger partial charge in [-0.05, 0) is 7.60 Å².